The molecule has 1 aromatic carbocycles. The number of carbonyl (C=O) groups excluding carboxylic acids is 1. The second kappa shape index (κ2) is 6.71. The van der Waals surface area contributed by atoms with E-state index in [9.17, 15) is 4.79 Å². The predicted octanol–water partition coefficient (Wildman–Crippen LogP) is 2.55. The second-order valence-corrected chi connectivity index (χ2v) is 5.23. The number of amides is 1. The van der Waals surface area contributed by atoms with Crippen molar-refractivity contribution in [2.24, 2.45) is 5.73 Å². The van der Waals surface area contributed by atoms with Crippen LogP contribution < -0.4 is 11.1 Å². The van der Waals surface area contributed by atoms with Crippen molar-refractivity contribution in [2.75, 3.05) is 6.54 Å². The molecule has 0 atom stereocenters. The standard InChI is InChI=1S/C12H15BrN2OS/c1-8-4-5-9(13)7-10(8)12(16)15-6-2-3-11(14)17/h4-5,7H,2-3,6H2,1H3,(H2,14,17)(H,15,16). The Kier molecular flexibility index (Phi) is 5.58. The summed E-state index contributed by atoms with van der Waals surface area (Å²) in [5.41, 5.74) is 7.02. The van der Waals surface area contributed by atoms with E-state index in [-0.39, 0.29) is 5.91 Å². The van der Waals surface area contributed by atoms with Crippen molar-refractivity contribution in [1.82, 2.24) is 5.32 Å². The Morgan fingerprint density at radius 1 is 1.53 bits per heavy atom. The van der Waals surface area contributed by atoms with Crippen molar-refractivity contribution in [1.29, 1.82) is 0 Å². The van der Waals surface area contributed by atoms with Crippen LogP contribution in [0.5, 0.6) is 0 Å². The number of hydrogen-bond donors (Lipinski definition) is 2. The van der Waals surface area contributed by atoms with Gasteiger partial charge in [-0.15, -0.1) is 0 Å². The minimum absolute atomic E-state index is 0.0632. The van der Waals surface area contributed by atoms with Crippen LogP contribution in [0.1, 0.15) is 28.8 Å². The van der Waals surface area contributed by atoms with Crippen LogP contribution in [0.15, 0.2) is 22.7 Å². The minimum Gasteiger partial charge on any atom is -0.393 e. The van der Waals surface area contributed by atoms with Gasteiger partial charge in [0.2, 0.25) is 0 Å². The molecule has 3 N–H and O–H groups in total. The summed E-state index contributed by atoms with van der Waals surface area (Å²) in [7, 11) is 0. The van der Waals surface area contributed by atoms with Gasteiger partial charge in [0.1, 0.15) is 0 Å². The van der Waals surface area contributed by atoms with E-state index >= 15 is 0 Å². The third kappa shape index (κ3) is 4.83. The fourth-order valence-electron chi connectivity index (χ4n) is 1.40. The molecule has 1 rings (SSSR count). The van der Waals surface area contributed by atoms with Gasteiger partial charge in [0.15, 0.2) is 0 Å². The van der Waals surface area contributed by atoms with E-state index < -0.39 is 0 Å². The van der Waals surface area contributed by atoms with Crippen LogP contribution in [-0.4, -0.2) is 17.4 Å². The number of halogens is 1. The minimum atomic E-state index is -0.0632. The fourth-order valence-corrected chi connectivity index (χ4v) is 1.90. The molecule has 0 fully saturated rings. The van der Waals surface area contributed by atoms with E-state index in [1.54, 1.807) is 0 Å². The van der Waals surface area contributed by atoms with Crippen molar-refractivity contribution in [3.8, 4) is 0 Å². The van der Waals surface area contributed by atoms with Crippen molar-refractivity contribution < 1.29 is 4.79 Å². The van der Waals surface area contributed by atoms with Crippen molar-refractivity contribution >= 4 is 39.0 Å². The topological polar surface area (TPSA) is 55.1 Å². The monoisotopic (exact) mass is 314 g/mol. The molecule has 0 aliphatic rings. The summed E-state index contributed by atoms with van der Waals surface area (Å²) in [5.74, 6) is -0.0632. The second-order valence-electron chi connectivity index (χ2n) is 3.79. The summed E-state index contributed by atoms with van der Waals surface area (Å²) in [6.07, 6.45) is 1.43. The zero-order chi connectivity index (χ0) is 12.8. The zero-order valence-corrected chi connectivity index (χ0v) is 12.0. The van der Waals surface area contributed by atoms with E-state index in [4.69, 9.17) is 18.0 Å². The van der Waals surface area contributed by atoms with Gasteiger partial charge >= 0.3 is 0 Å². The summed E-state index contributed by atoms with van der Waals surface area (Å²) >= 11 is 8.12. The zero-order valence-electron chi connectivity index (χ0n) is 9.63. The number of nitrogens with one attached hydrogen (secondary N) is 1. The van der Waals surface area contributed by atoms with E-state index in [1.807, 2.05) is 25.1 Å². The van der Waals surface area contributed by atoms with Gasteiger partial charge < -0.3 is 11.1 Å². The van der Waals surface area contributed by atoms with Gasteiger partial charge in [-0.2, -0.15) is 0 Å². The maximum atomic E-state index is 11.9. The van der Waals surface area contributed by atoms with Gasteiger partial charge in [0, 0.05) is 16.6 Å². The molecule has 0 unspecified atom stereocenters. The van der Waals surface area contributed by atoms with E-state index in [2.05, 4.69) is 21.2 Å². The molecule has 5 heteroatoms. The van der Waals surface area contributed by atoms with Gasteiger partial charge in [0.05, 0.1) is 4.99 Å². The third-order valence-corrected chi connectivity index (χ3v) is 3.03. The van der Waals surface area contributed by atoms with Gasteiger partial charge in [-0.1, -0.05) is 34.2 Å². The molecule has 1 amide bonds. The lowest BCUT2D eigenvalue weighted by atomic mass is 10.1. The number of rotatable bonds is 5. The molecular weight excluding hydrogens is 300 g/mol. The van der Waals surface area contributed by atoms with Crippen LogP contribution in [-0.2, 0) is 0 Å². The summed E-state index contributed by atoms with van der Waals surface area (Å²) < 4.78 is 0.899. The van der Waals surface area contributed by atoms with Crippen molar-refractivity contribution in [3.05, 3.63) is 33.8 Å². The highest BCUT2D eigenvalue weighted by Crippen LogP contribution is 2.15. The van der Waals surface area contributed by atoms with Crippen molar-refractivity contribution in [3.63, 3.8) is 0 Å². The summed E-state index contributed by atoms with van der Waals surface area (Å²) in [5, 5.41) is 2.85. The molecule has 3 nitrogen and oxygen atoms in total. The Morgan fingerprint density at radius 3 is 2.88 bits per heavy atom. The first-order valence-electron chi connectivity index (χ1n) is 5.33. The summed E-state index contributed by atoms with van der Waals surface area (Å²) in [6, 6.07) is 5.64. The van der Waals surface area contributed by atoms with Crippen LogP contribution in [0.25, 0.3) is 0 Å². The number of nitrogens with two attached hydrogens (primary N) is 1. The van der Waals surface area contributed by atoms with Crippen LogP contribution in [0.3, 0.4) is 0 Å². The predicted molar refractivity (Wildman–Crippen MR) is 77.2 cm³/mol. The molecule has 0 aliphatic heterocycles. The summed E-state index contributed by atoms with van der Waals surface area (Å²) in [6.45, 7) is 2.50. The Morgan fingerprint density at radius 2 is 2.24 bits per heavy atom. The average molecular weight is 315 g/mol. The number of aryl methyl sites for hydroxylation is 1. The molecule has 0 heterocycles. The van der Waals surface area contributed by atoms with Crippen LogP contribution in [0.4, 0.5) is 0 Å². The largest absolute Gasteiger partial charge is 0.393 e. The number of carbonyl (C=O) groups is 1. The maximum absolute atomic E-state index is 11.9. The smallest absolute Gasteiger partial charge is 0.251 e. The highest BCUT2D eigenvalue weighted by molar-refractivity contribution is 9.10. The molecule has 0 aromatic heterocycles. The highest BCUT2D eigenvalue weighted by Gasteiger charge is 2.08. The Labute approximate surface area is 115 Å². The molecule has 0 spiro atoms. The lowest BCUT2D eigenvalue weighted by Crippen LogP contribution is -2.26. The highest BCUT2D eigenvalue weighted by atomic mass is 79.9. The normalized spacial score (nSPS) is 10.0. The number of hydrogen-bond acceptors (Lipinski definition) is 2. The molecule has 0 saturated heterocycles. The van der Waals surface area contributed by atoms with E-state index in [1.165, 1.54) is 0 Å². The Balaban J connectivity index is 2.52. The van der Waals surface area contributed by atoms with Crippen LogP contribution in [0.2, 0.25) is 0 Å². The number of benzene rings is 1. The van der Waals surface area contributed by atoms with Crippen LogP contribution in [0, 0.1) is 6.92 Å². The van der Waals surface area contributed by atoms with Gasteiger partial charge in [-0.05, 0) is 37.5 Å². The molecule has 17 heavy (non-hydrogen) atoms. The molecule has 92 valence electrons. The Bertz CT molecular complexity index is 435. The SMILES string of the molecule is Cc1ccc(Br)cc1C(=O)NCCCC(N)=S. The third-order valence-electron chi connectivity index (χ3n) is 2.33. The lowest BCUT2D eigenvalue weighted by molar-refractivity contribution is 0.0952. The molecule has 0 bridgehead atoms. The lowest BCUT2D eigenvalue weighted by Gasteiger charge is -2.07. The van der Waals surface area contributed by atoms with Crippen LogP contribution >= 0.6 is 28.1 Å². The molecule has 0 radical (unpaired) electrons. The molecule has 0 aliphatic carbocycles. The fraction of sp³-hybridized carbons (Fsp3) is 0.333. The quantitative estimate of drug-likeness (QED) is 0.648. The molecular formula is C12H15BrN2OS. The van der Waals surface area contributed by atoms with E-state index in [0.717, 1.165) is 16.5 Å². The first kappa shape index (κ1) is 14.1. The first-order valence-corrected chi connectivity index (χ1v) is 6.53. The van der Waals surface area contributed by atoms with Gasteiger partial charge in [-0.3, -0.25) is 4.79 Å². The first-order chi connectivity index (χ1) is 8.00. The van der Waals surface area contributed by atoms with Gasteiger partial charge in [0.25, 0.3) is 5.91 Å². The molecule has 0 saturated carbocycles. The molecule has 1 aromatic rings. The number of thiocarbonyl (C=S) groups is 1. The van der Waals surface area contributed by atoms with E-state index in [0.29, 0.717) is 23.5 Å². The summed E-state index contributed by atoms with van der Waals surface area (Å²) in [4.78, 5) is 12.4. The van der Waals surface area contributed by atoms with Gasteiger partial charge in [-0.25, -0.2) is 0 Å². The maximum Gasteiger partial charge on any atom is 0.251 e. The average Bonchev–Trinajstić information content (AvgIpc) is 2.27. The Hall–Kier alpha value is -0.940. The van der Waals surface area contributed by atoms with Crippen molar-refractivity contribution in [2.45, 2.75) is 19.8 Å².